The number of halogens is 1. The molecule has 1 heterocycles. The second kappa shape index (κ2) is 5.33. The van der Waals surface area contributed by atoms with Crippen LogP contribution in [0.15, 0.2) is 42.6 Å². The molecule has 4 heteroatoms. The Bertz CT molecular complexity index is 549. The minimum atomic E-state index is 0.354. The molecule has 3 nitrogen and oxygen atoms in total. The lowest BCUT2D eigenvalue weighted by Crippen LogP contribution is -1.98. The van der Waals surface area contributed by atoms with Crippen LogP contribution < -0.4 is 4.74 Å². The molecule has 0 unspecified atom stereocenters. The van der Waals surface area contributed by atoms with Crippen LogP contribution in [0, 0.1) is 11.3 Å². The van der Waals surface area contributed by atoms with Crippen molar-refractivity contribution < 1.29 is 4.74 Å². The van der Waals surface area contributed by atoms with Gasteiger partial charge in [-0.1, -0.05) is 17.7 Å². The molecule has 17 heavy (non-hydrogen) atoms. The van der Waals surface area contributed by atoms with Gasteiger partial charge in [0.15, 0.2) is 0 Å². The average molecular weight is 245 g/mol. The first-order valence-corrected chi connectivity index (χ1v) is 5.40. The van der Waals surface area contributed by atoms with Crippen molar-refractivity contribution >= 4 is 11.6 Å². The normalized spacial score (nSPS) is 9.65. The minimum Gasteiger partial charge on any atom is -0.486 e. The van der Waals surface area contributed by atoms with Crippen LogP contribution in [0.2, 0.25) is 5.02 Å². The van der Waals surface area contributed by atoms with E-state index in [1.807, 2.05) is 24.3 Å². The fourth-order valence-electron chi connectivity index (χ4n) is 1.32. The maximum absolute atomic E-state index is 8.70. The van der Waals surface area contributed by atoms with E-state index in [4.69, 9.17) is 21.6 Å². The third-order valence-corrected chi connectivity index (χ3v) is 2.46. The Labute approximate surface area is 104 Å². The van der Waals surface area contributed by atoms with Crippen LogP contribution in [0.25, 0.3) is 0 Å². The van der Waals surface area contributed by atoms with Crippen LogP contribution >= 0.6 is 11.6 Å². The molecule has 0 aliphatic heterocycles. The lowest BCUT2D eigenvalue weighted by Gasteiger charge is -2.07. The van der Waals surface area contributed by atoms with E-state index in [1.165, 1.54) is 0 Å². The van der Waals surface area contributed by atoms with Crippen LogP contribution in [-0.4, -0.2) is 4.98 Å². The van der Waals surface area contributed by atoms with Gasteiger partial charge in [0.1, 0.15) is 12.4 Å². The SMILES string of the molecule is N#Cc1ccc(OCc2ccccn2)c(Cl)c1. The van der Waals surface area contributed by atoms with Gasteiger partial charge in [0, 0.05) is 6.20 Å². The summed E-state index contributed by atoms with van der Waals surface area (Å²) < 4.78 is 5.52. The van der Waals surface area contributed by atoms with Crippen molar-refractivity contribution in [2.75, 3.05) is 0 Å². The number of rotatable bonds is 3. The van der Waals surface area contributed by atoms with Gasteiger partial charge in [0.25, 0.3) is 0 Å². The van der Waals surface area contributed by atoms with Crippen molar-refractivity contribution in [3.63, 3.8) is 0 Å². The molecule has 0 atom stereocenters. The van der Waals surface area contributed by atoms with Crippen LogP contribution in [0.1, 0.15) is 11.3 Å². The van der Waals surface area contributed by atoms with E-state index in [9.17, 15) is 0 Å². The van der Waals surface area contributed by atoms with Gasteiger partial charge in [-0.3, -0.25) is 4.98 Å². The number of nitriles is 1. The first-order valence-electron chi connectivity index (χ1n) is 5.02. The molecule has 2 aromatic rings. The number of pyridine rings is 1. The van der Waals surface area contributed by atoms with E-state index >= 15 is 0 Å². The van der Waals surface area contributed by atoms with Gasteiger partial charge in [-0.15, -0.1) is 0 Å². The molecule has 1 aromatic heterocycles. The van der Waals surface area contributed by atoms with Gasteiger partial charge in [0.05, 0.1) is 22.3 Å². The van der Waals surface area contributed by atoms with E-state index < -0.39 is 0 Å². The van der Waals surface area contributed by atoms with Gasteiger partial charge in [-0.05, 0) is 30.3 Å². The van der Waals surface area contributed by atoms with Crippen molar-refractivity contribution in [3.05, 3.63) is 58.9 Å². The molecule has 0 N–H and O–H groups in total. The Morgan fingerprint density at radius 2 is 2.18 bits per heavy atom. The Morgan fingerprint density at radius 3 is 2.82 bits per heavy atom. The zero-order valence-electron chi connectivity index (χ0n) is 8.93. The van der Waals surface area contributed by atoms with E-state index in [0.29, 0.717) is 22.9 Å². The largest absolute Gasteiger partial charge is 0.486 e. The molecule has 0 bridgehead atoms. The molecule has 0 saturated heterocycles. The number of hydrogen-bond donors (Lipinski definition) is 0. The van der Waals surface area contributed by atoms with Gasteiger partial charge in [0.2, 0.25) is 0 Å². The predicted octanol–water partition coefficient (Wildman–Crippen LogP) is 3.19. The van der Waals surface area contributed by atoms with Crippen molar-refractivity contribution in [1.82, 2.24) is 4.98 Å². The Hall–Kier alpha value is -2.05. The van der Waals surface area contributed by atoms with E-state index in [2.05, 4.69) is 4.98 Å². The highest BCUT2D eigenvalue weighted by Crippen LogP contribution is 2.25. The van der Waals surface area contributed by atoms with Crippen LogP contribution in [-0.2, 0) is 6.61 Å². The summed E-state index contributed by atoms with van der Waals surface area (Å²) in [6.07, 6.45) is 1.71. The van der Waals surface area contributed by atoms with E-state index in [0.717, 1.165) is 5.69 Å². The van der Waals surface area contributed by atoms with Gasteiger partial charge in [-0.2, -0.15) is 5.26 Å². The molecule has 0 radical (unpaired) electrons. The second-order valence-electron chi connectivity index (χ2n) is 3.37. The number of hydrogen-bond acceptors (Lipinski definition) is 3. The highest BCUT2D eigenvalue weighted by molar-refractivity contribution is 6.32. The molecule has 0 fully saturated rings. The molecule has 0 aliphatic carbocycles. The zero-order valence-corrected chi connectivity index (χ0v) is 9.69. The maximum atomic E-state index is 8.70. The Morgan fingerprint density at radius 1 is 1.29 bits per heavy atom. The molecular formula is C13H9ClN2O. The molecule has 0 aliphatic rings. The quantitative estimate of drug-likeness (QED) is 0.833. The molecule has 0 saturated carbocycles. The van der Waals surface area contributed by atoms with Crippen LogP contribution in [0.5, 0.6) is 5.75 Å². The zero-order chi connectivity index (χ0) is 12.1. The molecule has 1 aromatic carbocycles. The van der Waals surface area contributed by atoms with Crippen molar-refractivity contribution in [2.24, 2.45) is 0 Å². The monoisotopic (exact) mass is 244 g/mol. The maximum Gasteiger partial charge on any atom is 0.138 e. The van der Waals surface area contributed by atoms with Crippen molar-refractivity contribution in [1.29, 1.82) is 5.26 Å². The smallest absolute Gasteiger partial charge is 0.138 e. The van der Waals surface area contributed by atoms with E-state index in [1.54, 1.807) is 24.4 Å². The topological polar surface area (TPSA) is 45.9 Å². The van der Waals surface area contributed by atoms with Gasteiger partial charge < -0.3 is 4.74 Å². The lowest BCUT2D eigenvalue weighted by atomic mass is 10.2. The third kappa shape index (κ3) is 2.96. The third-order valence-electron chi connectivity index (χ3n) is 2.16. The summed E-state index contributed by atoms with van der Waals surface area (Å²) in [5.41, 5.74) is 1.34. The summed E-state index contributed by atoms with van der Waals surface area (Å²) in [7, 11) is 0. The van der Waals surface area contributed by atoms with Crippen LogP contribution in [0.4, 0.5) is 0 Å². The number of nitrogens with zero attached hydrogens (tertiary/aromatic N) is 2. The summed E-state index contributed by atoms with van der Waals surface area (Å²) >= 11 is 5.98. The standard InChI is InChI=1S/C13H9ClN2O/c14-12-7-10(8-15)4-5-13(12)17-9-11-3-1-2-6-16-11/h1-7H,9H2. The molecular weight excluding hydrogens is 236 g/mol. The van der Waals surface area contributed by atoms with Crippen molar-refractivity contribution in [3.8, 4) is 11.8 Å². The summed E-state index contributed by atoms with van der Waals surface area (Å²) in [5.74, 6) is 0.552. The second-order valence-corrected chi connectivity index (χ2v) is 3.77. The fourth-order valence-corrected chi connectivity index (χ4v) is 1.56. The number of aromatic nitrogens is 1. The first kappa shape index (κ1) is 11.4. The minimum absolute atomic E-state index is 0.354. The lowest BCUT2D eigenvalue weighted by molar-refractivity contribution is 0.301. The molecule has 0 spiro atoms. The summed E-state index contributed by atoms with van der Waals surface area (Å²) in [4.78, 5) is 4.14. The molecule has 2 rings (SSSR count). The predicted molar refractivity (Wildman–Crippen MR) is 64.7 cm³/mol. The van der Waals surface area contributed by atoms with Crippen molar-refractivity contribution in [2.45, 2.75) is 6.61 Å². The van der Waals surface area contributed by atoms with Crippen LogP contribution in [0.3, 0.4) is 0 Å². The molecule has 84 valence electrons. The average Bonchev–Trinajstić information content (AvgIpc) is 2.38. The van der Waals surface area contributed by atoms with E-state index in [-0.39, 0.29) is 0 Å². The number of benzene rings is 1. The fraction of sp³-hybridized carbons (Fsp3) is 0.0769. The number of ether oxygens (including phenoxy) is 1. The Balaban J connectivity index is 2.08. The summed E-state index contributed by atoms with van der Waals surface area (Å²) in [5, 5.41) is 9.13. The summed E-state index contributed by atoms with van der Waals surface area (Å²) in [6, 6.07) is 12.6. The first-order chi connectivity index (χ1) is 8.29. The van der Waals surface area contributed by atoms with Gasteiger partial charge in [-0.25, -0.2) is 0 Å². The molecule has 0 amide bonds. The summed E-state index contributed by atoms with van der Waals surface area (Å²) in [6.45, 7) is 0.354. The highest BCUT2D eigenvalue weighted by atomic mass is 35.5. The Kier molecular flexibility index (Phi) is 3.59. The highest BCUT2D eigenvalue weighted by Gasteiger charge is 2.03. The van der Waals surface area contributed by atoms with Gasteiger partial charge >= 0.3 is 0 Å².